The van der Waals surface area contributed by atoms with Crippen LogP contribution in [0.3, 0.4) is 0 Å². The molecule has 0 saturated carbocycles. The molecule has 1 heterocycles. The van der Waals surface area contributed by atoms with Crippen molar-refractivity contribution < 1.29 is 9.72 Å². The monoisotopic (exact) mass is 264 g/mol. The minimum absolute atomic E-state index is 0.0242. The lowest BCUT2D eigenvalue weighted by Gasteiger charge is -2.06. The molecule has 5 nitrogen and oxygen atoms in total. The van der Waals surface area contributed by atoms with Crippen LogP contribution in [0.1, 0.15) is 15.9 Å². The number of aromatic nitrogens is 1. The van der Waals surface area contributed by atoms with Crippen molar-refractivity contribution in [3.05, 3.63) is 62.9 Å². The summed E-state index contributed by atoms with van der Waals surface area (Å²) in [6, 6.07) is 6.19. The molecule has 0 N–H and O–H groups in total. The van der Waals surface area contributed by atoms with Gasteiger partial charge < -0.3 is 4.57 Å². The van der Waals surface area contributed by atoms with E-state index in [4.69, 9.17) is 11.6 Å². The predicted octanol–water partition coefficient (Wildman–Crippen LogP) is 2.91. The summed E-state index contributed by atoms with van der Waals surface area (Å²) in [4.78, 5) is 21.0. The smallest absolute Gasteiger partial charge is 0.275 e. The summed E-state index contributed by atoms with van der Waals surface area (Å²) in [7, 11) is 0. The van der Waals surface area contributed by atoms with Gasteiger partial charge in [0.25, 0.3) is 5.69 Å². The maximum atomic E-state index is 10.9. The maximum absolute atomic E-state index is 10.9. The molecule has 0 aliphatic carbocycles. The van der Waals surface area contributed by atoms with Gasteiger partial charge in [0.1, 0.15) is 0 Å². The van der Waals surface area contributed by atoms with Gasteiger partial charge in [-0.2, -0.15) is 0 Å². The van der Waals surface area contributed by atoms with Crippen LogP contribution < -0.4 is 0 Å². The molecule has 0 aliphatic heterocycles. The SMILES string of the molecule is O=Cc1ccn(Cc2c(Cl)cccc2[N+](=O)[O-])c1. The fraction of sp³-hybridized carbons (Fsp3) is 0.0833. The zero-order valence-electron chi connectivity index (χ0n) is 9.25. The Balaban J connectivity index is 2.38. The molecule has 0 unspecified atom stereocenters. The van der Waals surface area contributed by atoms with Crippen molar-refractivity contribution in [3.8, 4) is 0 Å². The first kappa shape index (κ1) is 12.3. The summed E-state index contributed by atoms with van der Waals surface area (Å²) in [5, 5.41) is 11.2. The molecule has 1 aromatic carbocycles. The number of nitro groups is 1. The van der Waals surface area contributed by atoms with E-state index in [9.17, 15) is 14.9 Å². The van der Waals surface area contributed by atoms with Gasteiger partial charge in [-0.15, -0.1) is 0 Å². The molecule has 2 aromatic rings. The van der Waals surface area contributed by atoms with Crippen molar-refractivity contribution in [1.82, 2.24) is 4.57 Å². The first-order valence-corrected chi connectivity index (χ1v) is 5.52. The van der Waals surface area contributed by atoms with Gasteiger partial charge >= 0.3 is 0 Å². The van der Waals surface area contributed by atoms with E-state index in [1.807, 2.05) is 0 Å². The molecule has 92 valence electrons. The van der Waals surface area contributed by atoms with Crippen molar-refractivity contribution in [2.24, 2.45) is 0 Å². The fourth-order valence-corrected chi connectivity index (χ4v) is 1.91. The number of hydrogen-bond donors (Lipinski definition) is 0. The highest BCUT2D eigenvalue weighted by Gasteiger charge is 2.16. The Morgan fingerprint density at radius 2 is 2.17 bits per heavy atom. The number of carbonyl (C=O) groups excluding carboxylic acids is 1. The topological polar surface area (TPSA) is 65.1 Å². The number of rotatable bonds is 4. The second-order valence-corrected chi connectivity index (χ2v) is 4.14. The lowest BCUT2D eigenvalue weighted by molar-refractivity contribution is -0.385. The average molecular weight is 265 g/mol. The molecule has 2 rings (SSSR count). The number of nitrogens with zero attached hydrogens (tertiary/aromatic N) is 2. The Bertz CT molecular complexity index is 607. The molecule has 0 amide bonds. The highest BCUT2D eigenvalue weighted by molar-refractivity contribution is 6.31. The summed E-state index contributed by atoms with van der Waals surface area (Å²) in [5.74, 6) is 0. The normalized spacial score (nSPS) is 10.3. The number of aldehydes is 1. The minimum Gasteiger partial charge on any atom is -0.349 e. The van der Waals surface area contributed by atoms with Gasteiger partial charge in [-0.3, -0.25) is 14.9 Å². The van der Waals surface area contributed by atoms with Gasteiger partial charge in [-0.05, 0) is 12.1 Å². The number of carbonyl (C=O) groups is 1. The van der Waals surface area contributed by atoms with E-state index in [0.29, 0.717) is 16.1 Å². The van der Waals surface area contributed by atoms with Crippen molar-refractivity contribution in [1.29, 1.82) is 0 Å². The van der Waals surface area contributed by atoms with Gasteiger partial charge in [0.15, 0.2) is 6.29 Å². The molecule has 0 radical (unpaired) electrons. The Morgan fingerprint density at radius 1 is 1.39 bits per heavy atom. The molecule has 0 spiro atoms. The highest BCUT2D eigenvalue weighted by atomic mass is 35.5. The summed E-state index contributed by atoms with van der Waals surface area (Å²) < 4.78 is 1.68. The van der Waals surface area contributed by atoms with Crippen LogP contribution in [0.5, 0.6) is 0 Å². The van der Waals surface area contributed by atoms with Crippen LogP contribution in [0.4, 0.5) is 5.69 Å². The third-order valence-electron chi connectivity index (χ3n) is 2.54. The molecule has 0 saturated heterocycles. The van der Waals surface area contributed by atoms with Gasteiger partial charge in [-0.1, -0.05) is 17.7 Å². The van der Waals surface area contributed by atoms with Crippen LogP contribution in [0.15, 0.2) is 36.7 Å². The van der Waals surface area contributed by atoms with E-state index in [1.54, 1.807) is 29.1 Å². The third-order valence-corrected chi connectivity index (χ3v) is 2.90. The Kier molecular flexibility index (Phi) is 3.43. The fourth-order valence-electron chi connectivity index (χ4n) is 1.68. The molecule has 0 aliphatic rings. The van der Waals surface area contributed by atoms with Crippen LogP contribution in [0.2, 0.25) is 5.02 Å². The van der Waals surface area contributed by atoms with Crippen molar-refractivity contribution >= 4 is 23.6 Å². The summed E-state index contributed by atoms with van der Waals surface area (Å²) >= 11 is 5.98. The van der Waals surface area contributed by atoms with Crippen LogP contribution in [-0.2, 0) is 6.54 Å². The predicted molar refractivity (Wildman–Crippen MR) is 67.0 cm³/mol. The van der Waals surface area contributed by atoms with Gasteiger partial charge in [0, 0.05) is 24.0 Å². The zero-order chi connectivity index (χ0) is 13.1. The summed E-state index contributed by atoms with van der Waals surface area (Å²) in [5.41, 5.74) is 0.922. The molecular formula is C12H9ClN2O3. The van der Waals surface area contributed by atoms with Crippen LogP contribution >= 0.6 is 11.6 Å². The summed E-state index contributed by atoms with van der Waals surface area (Å²) in [6.07, 6.45) is 4.01. The number of benzene rings is 1. The molecule has 0 fully saturated rings. The number of hydrogen-bond acceptors (Lipinski definition) is 3. The second-order valence-electron chi connectivity index (χ2n) is 3.73. The van der Waals surface area contributed by atoms with E-state index in [1.165, 1.54) is 12.1 Å². The van der Waals surface area contributed by atoms with Gasteiger partial charge in [0.05, 0.1) is 22.1 Å². The molecule has 0 atom stereocenters. The van der Waals surface area contributed by atoms with E-state index >= 15 is 0 Å². The van der Waals surface area contributed by atoms with Crippen molar-refractivity contribution in [3.63, 3.8) is 0 Å². The molecule has 18 heavy (non-hydrogen) atoms. The zero-order valence-corrected chi connectivity index (χ0v) is 10.0. The molecular weight excluding hydrogens is 256 g/mol. The maximum Gasteiger partial charge on any atom is 0.275 e. The van der Waals surface area contributed by atoms with Crippen LogP contribution in [-0.4, -0.2) is 15.8 Å². The highest BCUT2D eigenvalue weighted by Crippen LogP contribution is 2.27. The standard InChI is InChI=1S/C12H9ClN2O3/c13-11-2-1-3-12(15(17)18)10(11)7-14-5-4-9(6-14)8-16/h1-6,8H,7H2. The first-order chi connectivity index (χ1) is 8.61. The number of nitro benzene ring substituents is 1. The Morgan fingerprint density at radius 3 is 2.78 bits per heavy atom. The van der Waals surface area contributed by atoms with E-state index < -0.39 is 4.92 Å². The largest absolute Gasteiger partial charge is 0.349 e. The van der Waals surface area contributed by atoms with Crippen molar-refractivity contribution in [2.45, 2.75) is 6.54 Å². The van der Waals surface area contributed by atoms with Crippen LogP contribution in [0.25, 0.3) is 0 Å². The Labute approximate surface area is 108 Å². The van der Waals surface area contributed by atoms with Gasteiger partial charge in [-0.25, -0.2) is 0 Å². The van der Waals surface area contributed by atoms with E-state index in [2.05, 4.69) is 0 Å². The third kappa shape index (κ3) is 2.41. The van der Waals surface area contributed by atoms with Crippen LogP contribution in [0, 0.1) is 10.1 Å². The lowest BCUT2D eigenvalue weighted by Crippen LogP contribution is -2.02. The second kappa shape index (κ2) is 5.01. The lowest BCUT2D eigenvalue weighted by atomic mass is 10.2. The Hall–Kier alpha value is -2.14. The number of halogens is 1. The minimum atomic E-state index is -0.467. The van der Waals surface area contributed by atoms with Crippen molar-refractivity contribution in [2.75, 3.05) is 0 Å². The summed E-state index contributed by atoms with van der Waals surface area (Å²) in [6.45, 7) is 0.254. The first-order valence-electron chi connectivity index (χ1n) is 5.14. The molecule has 6 heteroatoms. The van der Waals surface area contributed by atoms with E-state index in [0.717, 1.165) is 6.29 Å². The van der Waals surface area contributed by atoms with Gasteiger partial charge in [0.2, 0.25) is 0 Å². The quantitative estimate of drug-likeness (QED) is 0.484. The molecule has 1 aromatic heterocycles. The average Bonchev–Trinajstić information content (AvgIpc) is 2.79. The van der Waals surface area contributed by atoms with E-state index in [-0.39, 0.29) is 12.2 Å². The molecule has 0 bridgehead atoms.